The molecule has 18 heavy (non-hydrogen) atoms. The van der Waals surface area contributed by atoms with Gasteiger partial charge in [0.2, 0.25) is 0 Å². The second-order valence-electron chi connectivity index (χ2n) is 3.48. The first-order chi connectivity index (χ1) is 8.39. The van der Waals surface area contributed by atoms with Gasteiger partial charge in [-0.05, 0) is 17.7 Å². The number of halogens is 4. The van der Waals surface area contributed by atoms with Gasteiger partial charge in [0.25, 0.3) is 0 Å². The third-order valence-corrected chi connectivity index (χ3v) is 2.80. The van der Waals surface area contributed by atoms with Gasteiger partial charge in [-0.2, -0.15) is 18.3 Å². The fraction of sp³-hybridized carbons (Fsp3) is 0.0909. The Kier molecular flexibility index (Phi) is 3.41. The third kappa shape index (κ3) is 2.54. The molecule has 0 aliphatic rings. The topological polar surface area (TPSA) is 28.7 Å². The molecule has 0 amide bonds. The summed E-state index contributed by atoms with van der Waals surface area (Å²) in [6, 6.07) is 6.48. The fourth-order valence-electron chi connectivity index (χ4n) is 1.55. The second-order valence-corrected chi connectivity index (χ2v) is 4.27. The number of aromatic nitrogens is 2. The first-order valence-electron chi connectivity index (χ1n) is 4.81. The lowest BCUT2D eigenvalue weighted by molar-refractivity contribution is -0.137. The van der Waals surface area contributed by atoms with Crippen molar-refractivity contribution in [1.82, 2.24) is 10.2 Å². The minimum absolute atomic E-state index is 0.0180. The molecule has 94 valence electrons. The van der Waals surface area contributed by atoms with Crippen LogP contribution >= 0.6 is 23.8 Å². The highest BCUT2D eigenvalue weighted by Gasteiger charge is 2.33. The molecule has 7 heteroatoms. The Bertz CT molecular complexity index is 637. The van der Waals surface area contributed by atoms with E-state index in [1.165, 1.54) is 24.3 Å². The smallest absolute Gasteiger partial charge is 0.266 e. The Morgan fingerprint density at radius 3 is 2.50 bits per heavy atom. The number of hydrogen-bond donors (Lipinski definition) is 1. The van der Waals surface area contributed by atoms with Gasteiger partial charge in [-0.3, -0.25) is 5.10 Å². The zero-order valence-corrected chi connectivity index (χ0v) is 10.3. The standard InChI is InChI=1S/C11H6ClF3N2S/c12-9-5-7(10(18)17-16-9)6-3-1-2-4-8(6)11(13,14)15/h1-5H,(H,17,18). The molecule has 0 bridgehead atoms. The Labute approximate surface area is 110 Å². The molecule has 1 aromatic carbocycles. The van der Waals surface area contributed by atoms with Gasteiger partial charge < -0.3 is 0 Å². The highest BCUT2D eigenvalue weighted by molar-refractivity contribution is 7.71. The van der Waals surface area contributed by atoms with Crippen LogP contribution in [0.2, 0.25) is 5.15 Å². The van der Waals surface area contributed by atoms with E-state index in [0.717, 1.165) is 6.07 Å². The summed E-state index contributed by atoms with van der Waals surface area (Å²) < 4.78 is 38.7. The number of aromatic amines is 1. The maximum Gasteiger partial charge on any atom is 0.417 e. The minimum Gasteiger partial charge on any atom is -0.266 e. The van der Waals surface area contributed by atoms with E-state index in [2.05, 4.69) is 10.2 Å². The number of nitrogens with one attached hydrogen (secondary N) is 1. The zero-order chi connectivity index (χ0) is 13.3. The monoisotopic (exact) mass is 290 g/mol. The predicted molar refractivity (Wildman–Crippen MR) is 64.9 cm³/mol. The third-order valence-electron chi connectivity index (χ3n) is 2.29. The van der Waals surface area contributed by atoms with E-state index in [1.54, 1.807) is 0 Å². The van der Waals surface area contributed by atoms with Crippen molar-refractivity contribution in [2.75, 3.05) is 0 Å². The van der Waals surface area contributed by atoms with E-state index in [1.807, 2.05) is 0 Å². The van der Waals surface area contributed by atoms with Crippen molar-refractivity contribution in [3.8, 4) is 11.1 Å². The van der Waals surface area contributed by atoms with E-state index < -0.39 is 11.7 Å². The van der Waals surface area contributed by atoms with Gasteiger partial charge in [0, 0.05) is 5.56 Å². The number of nitrogens with zero attached hydrogens (tertiary/aromatic N) is 1. The van der Waals surface area contributed by atoms with Crippen molar-refractivity contribution in [3.63, 3.8) is 0 Å². The van der Waals surface area contributed by atoms with Crippen molar-refractivity contribution in [1.29, 1.82) is 0 Å². The molecule has 2 nitrogen and oxygen atoms in total. The Morgan fingerprint density at radius 1 is 1.17 bits per heavy atom. The van der Waals surface area contributed by atoms with Crippen LogP contribution < -0.4 is 0 Å². The maximum absolute atomic E-state index is 12.9. The lowest BCUT2D eigenvalue weighted by Crippen LogP contribution is -2.07. The van der Waals surface area contributed by atoms with Gasteiger partial charge in [0.15, 0.2) is 0 Å². The summed E-state index contributed by atoms with van der Waals surface area (Å²) in [6.45, 7) is 0. The summed E-state index contributed by atoms with van der Waals surface area (Å²) in [5.41, 5.74) is -0.569. The number of rotatable bonds is 1. The Balaban J connectivity index is 2.72. The van der Waals surface area contributed by atoms with Crippen molar-refractivity contribution in [2.45, 2.75) is 6.18 Å². The van der Waals surface area contributed by atoms with Crippen molar-refractivity contribution in [2.24, 2.45) is 0 Å². The van der Waals surface area contributed by atoms with Crippen molar-refractivity contribution in [3.05, 3.63) is 45.7 Å². The molecule has 0 saturated heterocycles. The minimum atomic E-state index is -4.45. The first kappa shape index (κ1) is 13.0. The van der Waals surface area contributed by atoms with Gasteiger partial charge in [-0.15, -0.1) is 0 Å². The molecule has 1 aromatic heterocycles. The summed E-state index contributed by atoms with van der Waals surface area (Å²) >= 11 is 10.6. The molecule has 2 rings (SSSR count). The van der Waals surface area contributed by atoms with Gasteiger partial charge in [0.05, 0.1) is 5.56 Å². The second kappa shape index (κ2) is 4.70. The average Bonchev–Trinajstić information content (AvgIpc) is 2.31. The van der Waals surface area contributed by atoms with E-state index in [4.69, 9.17) is 23.8 Å². The molecule has 1 heterocycles. The molecule has 0 spiro atoms. The molecule has 0 aliphatic carbocycles. The van der Waals surface area contributed by atoms with Gasteiger partial charge in [0.1, 0.15) is 9.79 Å². The van der Waals surface area contributed by atoms with Crippen LogP contribution in [-0.2, 0) is 6.18 Å². The molecular weight excluding hydrogens is 285 g/mol. The number of H-pyrrole nitrogens is 1. The predicted octanol–water partition coefficient (Wildman–Crippen LogP) is 4.48. The lowest BCUT2D eigenvalue weighted by Gasteiger charge is -2.12. The van der Waals surface area contributed by atoms with Gasteiger partial charge >= 0.3 is 6.18 Å². The lowest BCUT2D eigenvalue weighted by atomic mass is 10.0. The van der Waals surface area contributed by atoms with Crippen LogP contribution in [0.5, 0.6) is 0 Å². The van der Waals surface area contributed by atoms with E-state index >= 15 is 0 Å². The van der Waals surface area contributed by atoms with Crippen molar-refractivity contribution >= 4 is 23.8 Å². The highest BCUT2D eigenvalue weighted by atomic mass is 35.5. The van der Waals surface area contributed by atoms with E-state index in [9.17, 15) is 13.2 Å². The van der Waals surface area contributed by atoms with Crippen LogP contribution in [0.15, 0.2) is 30.3 Å². The van der Waals surface area contributed by atoms with Crippen LogP contribution in [0.1, 0.15) is 5.56 Å². The normalized spacial score (nSPS) is 11.6. The Hall–Kier alpha value is -1.40. The molecule has 0 fully saturated rings. The summed E-state index contributed by atoms with van der Waals surface area (Å²) in [7, 11) is 0. The summed E-state index contributed by atoms with van der Waals surface area (Å²) in [6.07, 6.45) is -4.45. The zero-order valence-electron chi connectivity index (χ0n) is 8.75. The van der Waals surface area contributed by atoms with Crippen molar-refractivity contribution < 1.29 is 13.2 Å². The van der Waals surface area contributed by atoms with Crippen LogP contribution in [0.3, 0.4) is 0 Å². The molecule has 0 aliphatic heterocycles. The number of benzene rings is 1. The van der Waals surface area contributed by atoms with Crippen LogP contribution in [0.25, 0.3) is 11.1 Å². The van der Waals surface area contributed by atoms with E-state index in [-0.39, 0.29) is 20.9 Å². The molecule has 0 atom stereocenters. The number of alkyl halides is 3. The molecular formula is C11H6ClF3N2S. The summed E-state index contributed by atoms with van der Waals surface area (Å²) in [5, 5.41) is 6.07. The molecule has 1 N–H and O–H groups in total. The first-order valence-corrected chi connectivity index (χ1v) is 5.60. The van der Waals surface area contributed by atoms with Crippen LogP contribution in [0, 0.1) is 4.64 Å². The van der Waals surface area contributed by atoms with E-state index in [0.29, 0.717) is 0 Å². The molecule has 0 unspecified atom stereocenters. The highest BCUT2D eigenvalue weighted by Crippen LogP contribution is 2.37. The molecule has 0 radical (unpaired) electrons. The number of hydrogen-bond acceptors (Lipinski definition) is 2. The van der Waals surface area contributed by atoms with Crippen LogP contribution in [0.4, 0.5) is 13.2 Å². The van der Waals surface area contributed by atoms with Gasteiger partial charge in [-0.1, -0.05) is 42.0 Å². The SMILES string of the molecule is FC(F)(F)c1ccccc1-c1cc(Cl)n[nH]c1=S. The quantitative estimate of drug-likeness (QED) is 0.785. The van der Waals surface area contributed by atoms with Gasteiger partial charge in [-0.25, -0.2) is 0 Å². The summed E-state index contributed by atoms with van der Waals surface area (Å²) in [4.78, 5) is 0. The largest absolute Gasteiger partial charge is 0.417 e. The maximum atomic E-state index is 12.9. The Morgan fingerprint density at radius 2 is 1.83 bits per heavy atom. The fourth-order valence-corrected chi connectivity index (χ4v) is 1.91. The van der Waals surface area contributed by atoms with Crippen LogP contribution in [-0.4, -0.2) is 10.2 Å². The molecule has 0 saturated carbocycles. The molecule has 2 aromatic rings. The average molecular weight is 291 g/mol. The summed E-state index contributed by atoms with van der Waals surface area (Å²) in [5.74, 6) is 0.